The molecule has 0 saturated carbocycles. The summed E-state index contributed by atoms with van der Waals surface area (Å²) in [7, 11) is 0. The summed E-state index contributed by atoms with van der Waals surface area (Å²) in [6.07, 6.45) is 1.01. The molecule has 90 valence electrons. The number of ether oxygens (including phenoxy) is 1. The standard InChI is InChI=1S/C14H18N2O/c1-14(2,9-15)10-16-8-11-3-4-13-12(7-11)5-6-17-13/h3-4,7,16H,5-6,8,10H2,1-2H3. The van der Waals surface area contributed by atoms with Crippen LogP contribution < -0.4 is 10.1 Å². The Morgan fingerprint density at radius 3 is 3.06 bits per heavy atom. The molecule has 0 saturated heterocycles. The van der Waals surface area contributed by atoms with Gasteiger partial charge in [-0.3, -0.25) is 0 Å². The lowest BCUT2D eigenvalue weighted by atomic mass is 9.96. The zero-order valence-electron chi connectivity index (χ0n) is 10.4. The van der Waals surface area contributed by atoms with Gasteiger partial charge >= 0.3 is 0 Å². The van der Waals surface area contributed by atoms with Crippen molar-refractivity contribution in [2.75, 3.05) is 13.2 Å². The Balaban J connectivity index is 1.90. The van der Waals surface area contributed by atoms with Crippen LogP contribution in [0.1, 0.15) is 25.0 Å². The van der Waals surface area contributed by atoms with Gasteiger partial charge < -0.3 is 10.1 Å². The molecule has 0 atom stereocenters. The van der Waals surface area contributed by atoms with Crippen LogP contribution >= 0.6 is 0 Å². The first kappa shape index (κ1) is 11.9. The van der Waals surface area contributed by atoms with Crippen LogP contribution in [0, 0.1) is 16.7 Å². The lowest BCUT2D eigenvalue weighted by Crippen LogP contribution is -2.27. The predicted molar refractivity (Wildman–Crippen MR) is 66.7 cm³/mol. The van der Waals surface area contributed by atoms with Crippen LogP contribution in [-0.4, -0.2) is 13.2 Å². The van der Waals surface area contributed by atoms with Crippen LogP contribution in [-0.2, 0) is 13.0 Å². The van der Waals surface area contributed by atoms with Crippen molar-refractivity contribution in [3.63, 3.8) is 0 Å². The number of hydrogen-bond acceptors (Lipinski definition) is 3. The molecule has 0 aromatic heterocycles. The summed E-state index contributed by atoms with van der Waals surface area (Å²) in [6.45, 7) is 6.19. The first-order valence-electron chi connectivity index (χ1n) is 5.97. The van der Waals surface area contributed by atoms with Gasteiger partial charge in [0.2, 0.25) is 0 Å². The molecule has 1 aromatic rings. The van der Waals surface area contributed by atoms with E-state index in [0.29, 0.717) is 6.54 Å². The van der Waals surface area contributed by atoms with Crippen molar-refractivity contribution in [2.24, 2.45) is 5.41 Å². The van der Waals surface area contributed by atoms with E-state index in [-0.39, 0.29) is 5.41 Å². The van der Waals surface area contributed by atoms with Crippen molar-refractivity contribution in [1.29, 1.82) is 5.26 Å². The fourth-order valence-corrected chi connectivity index (χ4v) is 1.91. The van der Waals surface area contributed by atoms with E-state index in [1.807, 2.05) is 19.9 Å². The molecule has 0 radical (unpaired) electrons. The summed E-state index contributed by atoms with van der Waals surface area (Å²) in [5.41, 5.74) is 2.24. The maximum absolute atomic E-state index is 8.91. The summed E-state index contributed by atoms with van der Waals surface area (Å²) in [6, 6.07) is 8.59. The van der Waals surface area contributed by atoms with Gasteiger partial charge in [0, 0.05) is 19.5 Å². The second-order valence-corrected chi connectivity index (χ2v) is 5.14. The van der Waals surface area contributed by atoms with Gasteiger partial charge in [-0.1, -0.05) is 12.1 Å². The van der Waals surface area contributed by atoms with Crippen LogP contribution in [0.2, 0.25) is 0 Å². The van der Waals surface area contributed by atoms with Gasteiger partial charge in [0.05, 0.1) is 18.1 Å². The number of nitrogens with one attached hydrogen (secondary N) is 1. The fourth-order valence-electron chi connectivity index (χ4n) is 1.91. The Morgan fingerprint density at radius 2 is 2.29 bits per heavy atom. The number of rotatable bonds is 4. The third-order valence-corrected chi connectivity index (χ3v) is 2.95. The number of hydrogen-bond donors (Lipinski definition) is 1. The molecule has 3 nitrogen and oxygen atoms in total. The van der Waals surface area contributed by atoms with Gasteiger partial charge in [0.1, 0.15) is 5.75 Å². The largest absolute Gasteiger partial charge is 0.493 e. The summed E-state index contributed by atoms with van der Waals surface area (Å²) < 4.78 is 5.47. The molecule has 0 fully saturated rings. The molecule has 0 spiro atoms. The van der Waals surface area contributed by atoms with E-state index in [1.54, 1.807) is 0 Å². The first-order valence-corrected chi connectivity index (χ1v) is 5.97. The molecule has 1 aliphatic heterocycles. The summed E-state index contributed by atoms with van der Waals surface area (Å²) >= 11 is 0. The normalized spacial score (nSPS) is 13.9. The smallest absolute Gasteiger partial charge is 0.122 e. The SMILES string of the molecule is CC(C)(C#N)CNCc1ccc2c(c1)CCO2. The maximum Gasteiger partial charge on any atom is 0.122 e. The van der Waals surface area contributed by atoms with Gasteiger partial charge in [-0.15, -0.1) is 0 Å². The second-order valence-electron chi connectivity index (χ2n) is 5.14. The van der Waals surface area contributed by atoms with Gasteiger partial charge in [0.15, 0.2) is 0 Å². The van der Waals surface area contributed by atoms with E-state index >= 15 is 0 Å². The number of nitrogens with zero attached hydrogens (tertiary/aromatic N) is 1. The zero-order valence-corrected chi connectivity index (χ0v) is 10.4. The molecule has 0 bridgehead atoms. The van der Waals surface area contributed by atoms with Gasteiger partial charge in [0.25, 0.3) is 0 Å². The van der Waals surface area contributed by atoms with E-state index < -0.39 is 0 Å². The highest BCUT2D eigenvalue weighted by Gasteiger charge is 2.16. The maximum atomic E-state index is 8.91. The molecule has 1 aliphatic rings. The summed E-state index contributed by atoms with van der Waals surface area (Å²) in [5, 5.41) is 12.2. The first-order chi connectivity index (χ1) is 8.11. The molecule has 0 amide bonds. The van der Waals surface area contributed by atoms with Gasteiger partial charge in [-0.05, 0) is 31.0 Å². The van der Waals surface area contributed by atoms with E-state index in [9.17, 15) is 0 Å². The monoisotopic (exact) mass is 230 g/mol. The summed E-state index contributed by atoms with van der Waals surface area (Å²) in [4.78, 5) is 0. The van der Waals surface area contributed by atoms with E-state index in [1.165, 1.54) is 11.1 Å². The van der Waals surface area contributed by atoms with Crippen LogP contribution in [0.5, 0.6) is 5.75 Å². The van der Waals surface area contributed by atoms with Gasteiger partial charge in [-0.25, -0.2) is 0 Å². The van der Waals surface area contributed by atoms with Crippen molar-refractivity contribution in [3.8, 4) is 11.8 Å². The van der Waals surface area contributed by atoms with Crippen molar-refractivity contribution in [3.05, 3.63) is 29.3 Å². The molecule has 1 aromatic carbocycles. The van der Waals surface area contributed by atoms with Crippen molar-refractivity contribution >= 4 is 0 Å². The third kappa shape index (κ3) is 2.98. The fraction of sp³-hybridized carbons (Fsp3) is 0.500. The minimum Gasteiger partial charge on any atom is -0.493 e. The van der Waals surface area contributed by atoms with E-state index in [2.05, 4.69) is 23.5 Å². The highest BCUT2D eigenvalue weighted by Crippen LogP contribution is 2.25. The molecule has 17 heavy (non-hydrogen) atoms. The quantitative estimate of drug-likeness (QED) is 0.863. The Morgan fingerprint density at radius 1 is 1.47 bits per heavy atom. The van der Waals surface area contributed by atoms with Crippen LogP contribution in [0.3, 0.4) is 0 Å². The summed E-state index contributed by atoms with van der Waals surface area (Å²) in [5.74, 6) is 1.02. The highest BCUT2D eigenvalue weighted by atomic mass is 16.5. The molecule has 0 aliphatic carbocycles. The molecular formula is C14H18N2O. The molecule has 1 heterocycles. The number of fused-ring (bicyclic) bond motifs is 1. The zero-order chi connectivity index (χ0) is 12.3. The second kappa shape index (κ2) is 4.77. The van der Waals surface area contributed by atoms with Gasteiger partial charge in [-0.2, -0.15) is 5.26 Å². The average Bonchev–Trinajstić information content (AvgIpc) is 2.76. The van der Waals surface area contributed by atoms with Crippen molar-refractivity contribution in [2.45, 2.75) is 26.8 Å². The Labute approximate surface area is 102 Å². The Bertz CT molecular complexity index is 446. The minimum absolute atomic E-state index is 0.306. The lowest BCUT2D eigenvalue weighted by molar-refractivity contribution is 0.357. The van der Waals surface area contributed by atoms with Crippen molar-refractivity contribution in [1.82, 2.24) is 5.32 Å². The van der Waals surface area contributed by atoms with Crippen molar-refractivity contribution < 1.29 is 4.74 Å². The molecule has 3 heteroatoms. The lowest BCUT2D eigenvalue weighted by Gasteiger charge is -2.16. The number of benzene rings is 1. The highest BCUT2D eigenvalue weighted by molar-refractivity contribution is 5.39. The minimum atomic E-state index is -0.306. The Kier molecular flexibility index (Phi) is 3.35. The molecule has 2 rings (SSSR count). The van der Waals surface area contributed by atoms with Crippen LogP contribution in [0.25, 0.3) is 0 Å². The topological polar surface area (TPSA) is 45.0 Å². The molecular weight excluding hydrogens is 212 g/mol. The Hall–Kier alpha value is -1.53. The molecule has 0 unspecified atom stereocenters. The predicted octanol–water partition coefficient (Wildman–Crippen LogP) is 2.26. The van der Waals surface area contributed by atoms with Crippen LogP contribution in [0.15, 0.2) is 18.2 Å². The average molecular weight is 230 g/mol. The molecule has 1 N–H and O–H groups in total. The number of nitriles is 1. The third-order valence-electron chi connectivity index (χ3n) is 2.95. The van der Waals surface area contributed by atoms with E-state index in [0.717, 1.165) is 25.3 Å². The van der Waals surface area contributed by atoms with E-state index in [4.69, 9.17) is 10.00 Å². The van der Waals surface area contributed by atoms with Crippen LogP contribution in [0.4, 0.5) is 0 Å².